The van der Waals surface area contributed by atoms with E-state index in [9.17, 15) is 0 Å². The van der Waals surface area contributed by atoms with Crippen LogP contribution in [0.2, 0.25) is 0 Å². The van der Waals surface area contributed by atoms with Gasteiger partial charge in [0.15, 0.2) is 0 Å². The van der Waals surface area contributed by atoms with Crippen LogP contribution in [0.4, 0.5) is 0 Å². The number of pyridine rings is 1. The highest BCUT2D eigenvalue weighted by atomic mass is 14.7. The molecule has 0 saturated carbocycles. The molecule has 28 heavy (non-hydrogen) atoms. The Morgan fingerprint density at radius 3 is 2.07 bits per heavy atom. The highest BCUT2D eigenvalue weighted by molar-refractivity contribution is 5.20. The molecule has 0 fully saturated rings. The van der Waals surface area contributed by atoms with Gasteiger partial charge < -0.3 is 5.73 Å². The molecular formula is C26H48N2. The van der Waals surface area contributed by atoms with E-state index in [2.05, 4.69) is 37.9 Å². The molecule has 0 aliphatic rings. The fourth-order valence-corrected chi connectivity index (χ4v) is 4.43. The quantitative estimate of drug-likeness (QED) is 0.265. The Labute approximate surface area is 176 Å². The molecule has 1 heterocycles. The summed E-state index contributed by atoms with van der Waals surface area (Å²) in [5.74, 6) is 1.72. The Balaban J connectivity index is 2.05. The van der Waals surface area contributed by atoms with Crippen LogP contribution in [-0.4, -0.2) is 11.5 Å². The van der Waals surface area contributed by atoms with E-state index in [0.717, 1.165) is 24.7 Å². The van der Waals surface area contributed by atoms with Crippen molar-refractivity contribution in [3.63, 3.8) is 0 Å². The lowest BCUT2D eigenvalue weighted by atomic mass is 9.89. The van der Waals surface area contributed by atoms with Crippen molar-refractivity contribution in [2.75, 3.05) is 6.54 Å². The van der Waals surface area contributed by atoms with Gasteiger partial charge in [-0.05, 0) is 49.3 Å². The minimum atomic E-state index is 0.691. The van der Waals surface area contributed by atoms with Crippen LogP contribution in [0.1, 0.15) is 115 Å². The molecule has 0 bridgehead atoms. The minimum absolute atomic E-state index is 0.691. The highest BCUT2D eigenvalue weighted by Gasteiger charge is 2.10. The number of rotatable bonds is 18. The molecule has 2 nitrogen and oxygen atoms in total. The maximum Gasteiger partial charge on any atom is 0.0448 e. The molecule has 2 heteroatoms. The third-order valence-corrected chi connectivity index (χ3v) is 6.11. The minimum Gasteiger partial charge on any atom is -0.330 e. The van der Waals surface area contributed by atoms with Crippen molar-refractivity contribution < 1.29 is 0 Å². The van der Waals surface area contributed by atoms with E-state index in [1.54, 1.807) is 0 Å². The van der Waals surface area contributed by atoms with Crippen LogP contribution < -0.4 is 5.73 Å². The van der Waals surface area contributed by atoms with Gasteiger partial charge in [0.2, 0.25) is 0 Å². The van der Waals surface area contributed by atoms with Gasteiger partial charge >= 0.3 is 0 Å². The lowest BCUT2D eigenvalue weighted by molar-refractivity contribution is 0.360. The first-order chi connectivity index (χ1) is 13.7. The van der Waals surface area contributed by atoms with Crippen LogP contribution in [0.15, 0.2) is 18.3 Å². The van der Waals surface area contributed by atoms with Crippen molar-refractivity contribution in [1.82, 2.24) is 4.98 Å². The summed E-state index contributed by atoms with van der Waals surface area (Å²) < 4.78 is 0. The topological polar surface area (TPSA) is 38.9 Å². The molecule has 0 amide bonds. The number of hydrogen-bond acceptors (Lipinski definition) is 2. The van der Waals surface area contributed by atoms with E-state index in [4.69, 9.17) is 5.73 Å². The van der Waals surface area contributed by atoms with Crippen molar-refractivity contribution in [1.29, 1.82) is 0 Å². The first-order valence-corrected chi connectivity index (χ1v) is 12.3. The van der Waals surface area contributed by atoms with Gasteiger partial charge in [0.1, 0.15) is 0 Å². The number of aromatic nitrogens is 1. The van der Waals surface area contributed by atoms with E-state index in [1.807, 2.05) is 6.20 Å². The largest absolute Gasteiger partial charge is 0.330 e. The van der Waals surface area contributed by atoms with E-state index in [-0.39, 0.29) is 0 Å². The van der Waals surface area contributed by atoms with Crippen molar-refractivity contribution in [3.05, 3.63) is 29.6 Å². The summed E-state index contributed by atoms with van der Waals surface area (Å²) in [7, 11) is 0. The normalized spacial score (nSPS) is 13.6. The van der Waals surface area contributed by atoms with Crippen LogP contribution >= 0.6 is 0 Å². The first-order valence-electron chi connectivity index (χ1n) is 12.3. The van der Waals surface area contributed by atoms with Gasteiger partial charge in [0.05, 0.1) is 0 Å². The molecule has 0 radical (unpaired) electrons. The van der Waals surface area contributed by atoms with E-state index in [0.29, 0.717) is 6.54 Å². The lowest BCUT2D eigenvalue weighted by Crippen LogP contribution is -2.08. The van der Waals surface area contributed by atoms with Crippen LogP contribution in [0.5, 0.6) is 0 Å². The van der Waals surface area contributed by atoms with E-state index < -0.39 is 0 Å². The molecule has 2 unspecified atom stereocenters. The number of nitrogens with zero attached hydrogens (tertiary/aromatic N) is 1. The Morgan fingerprint density at radius 1 is 0.821 bits per heavy atom. The first kappa shape index (κ1) is 25.1. The standard InChI is InChI=1S/C26H48N2/c1-4-5-6-7-8-9-10-11-12-15-23(2)22-24(3)16-13-17-25-18-14-21-28-26(25)19-20-27/h14,18,21,23-24H,4-13,15-17,19-20,22,27H2,1-3H3. The van der Waals surface area contributed by atoms with Crippen molar-refractivity contribution in [2.45, 2.75) is 117 Å². The second kappa shape index (κ2) is 17.0. The number of hydrogen-bond donors (Lipinski definition) is 1. The molecule has 2 atom stereocenters. The van der Waals surface area contributed by atoms with Gasteiger partial charge in [-0.1, -0.05) is 97.5 Å². The van der Waals surface area contributed by atoms with Gasteiger partial charge in [0, 0.05) is 18.3 Å². The molecule has 0 aliphatic heterocycles. The van der Waals surface area contributed by atoms with Crippen LogP contribution in [0, 0.1) is 11.8 Å². The molecule has 0 aromatic carbocycles. The Morgan fingerprint density at radius 2 is 1.43 bits per heavy atom. The predicted molar refractivity (Wildman–Crippen MR) is 125 cm³/mol. The van der Waals surface area contributed by atoms with Crippen molar-refractivity contribution >= 4 is 0 Å². The molecule has 0 saturated heterocycles. The molecule has 0 aliphatic carbocycles. The summed E-state index contributed by atoms with van der Waals surface area (Å²) in [4.78, 5) is 4.51. The second-order valence-electron chi connectivity index (χ2n) is 9.10. The van der Waals surface area contributed by atoms with Crippen molar-refractivity contribution in [2.24, 2.45) is 17.6 Å². The zero-order chi connectivity index (χ0) is 20.5. The Bertz CT molecular complexity index is 471. The Hall–Kier alpha value is -0.890. The fraction of sp³-hybridized carbons (Fsp3) is 0.808. The molecular weight excluding hydrogens is 340 g/mol. The zero-order valence-corrected chi connectivity index (χ0v) is 19.2. The number of nitrogens with two attached hydrogens (primary N) is 1. The van der Waals surface area contributed by atoms with Gasteiger partial charge in [-0.15, -0.1) is 0 Å². The molecule has 0 spiro atoms. The lowest BCUT2D eigenvalue weighted by Gasteiger charge is -2.17. The van der Waals surface area contributed by atoms with Gasteiger partial charge in [-0.3, -0.25) is 4.98 Å². The molecule has 162 valence electrons. The summed E-state index contributed by atoms with van der Waals surface area (Å²) in [6.45, 7) is 7.89. The van der Waals surface area contributed by atoms with Crippen molar-refractivity contribution in [3.8, 4) is 0 Å². The van der Waals surface area contributed by atoms with Gasteiger partial charge in [-0.2, -0.15) is 0 Å². The van der Waals surface area contributed by atoms with E-state index in [1.165, 1.54) is 94.7 Å². The van der Waals surface area contributed by atoms with Crippen LogP contribution in [-0.2, 0) is 12.8 Å². The van der Waals surface area contributed by atoms with Crippen LogP contribution in [0.25, 0.3) is 0 Å². The Kier molecular flexibility index (Phi) is 15.3. The second-order valence-corrected chi connectivity index (χ2v) is 9.10. The summed E-state index contributed by atoms with van der Waals surface area (Å²) in [5, 5.41) is 0. The zero-order valence-electron chi connectivity index (χ0n) is 19.2. The third-order valence-electron chi connectivity index (χ3n) is 6.11. The number of unbranched alkanes of at least 4 members (excludes halogenated alkanes) is 8. The average Bonchev–Trinajstić information content (AvgIpc) is 2.68. The molecule has 1 aromatic heterocycles. The molecule has 1 aromatic rings. The summed E-state index contributed by atoms with van der Waals surface area (Å²) >= 11 is 0. The summed E-state index contributed by atoms with van der Waals surface area (Å²) in [5.41, 5.74) is 8.32. The predicted octanol–water partition coefficient (Wildman–Crippen LogP) is 7.49. The smallest absolute Gasteiger partial charge is 0.0448 e. The van der Waals surface area contributed by atoms with Gasteiger partial charge in [0.25, 0.3) is 0 Å². The summed E-state index contributed by atoms with van der Waals surface area (Å²) in [6, 6.07) is 4.29. The molecule has 2 N–H and O–H groups in total. The summed E-state index contributed by atoms with van der Waals surface area (Å²) in [6.07, 6.45) is 22.3. The van der Waals surface area contributed by atoms with Gasteiger partial charge in [-0.25, -0.2) is 0 Å². The molecule has 1 rings (SSSR count). The number of aryl methyl sites for hydroxylation is 1. The third kappa shape index (κ3) is 12.5. The SMILES string of the molecule is CCCCCCCCCCCC(C)CC(C)CCCc1cccnc1CCN. The van der Waals surface area contributed by atoms with E-state index >= 15 is 0 Å². The monoisotopic (exact) mass is 388 g/mol. The fourth-order valence-electron chi connectivity index (χ4n) is 4.43. The maximum atomic E-state index is 5.71. The highest BCUT2D eigenvalue weighted by Crippen LogP contribution is 2.23. The van der Waals surface area contributed by atoms with Crippen LogP contribution in [0.3, 0.4) is 0 Å². The average molecular weight is 389 g/mol. The maximum absolute atomic E-state index is 5.71.